The lowest BCUT2D eigenvalue weighted by Gasteiger charge is -2.11. The Balaban J connectivity index is 0.00000117. The van der Waals surface area contributed by atoms with Gasteiger partial charge in [0.25, 0.3) is 5.91 Å². The minimum Gasteiger partial charge on any atom is -0.399 e. The van der Waals surface area contributed by atoms with Gasteiger partial charge in [-0.2, -0.15) is 0 Å². The zero-order chi connectivity index (χ0) is 20.6. The van der Waals surface area contributed by atoms with Gasteiger partial charge in [-0.05, 0) is 48.4 Å². The van der Waals surface area contributed by atoms with Crippen molar-refractivity contribution in [1.29, 1.82) is 0 Å². The number of aromatic nitrogens is 1. The highest BCUT2D eigenvalue weighted by atomic mass is 16.1. The summed E-state index contributed by atoms with van der Waals surface area (Å²) in [5, 5.41) is 3.95. The molecule has 0 saturated heterocycles. The number of nitrogens with zero attached hydrogens (tertiary/aromatic N) is 1. The van der Waals surface area contributed by atoms with E-state index in [1.165, 1.54) is 5.56 Å². The van der Waals surface area contributed by atoms with Gasteiger partial charge >= 0.3 is 0 Å². The van der Waals surface area contributed by atoms with Crippen molar-refractivity contribution in [2.24, 2.45) is 0 Å². The van der Waals surface area contributed by atoms with E-state index in [1.54, 1.807) is 0 Å². The molecule has 3 aromatic carbocycles. The molecule has 0 aliphatic carbocycles. The second-order valence-electron chi connectivity index (χ2n) is 6.56. The first-order chi connectivity index (χ1) is 14.2. The number of rotatable bonds is 5. The molecule has 0 fully saturated rings. The molecule has 0 spiro atoms. The molecule has 0 saturated carbocycles. The maximum absolute atomic E-state index is 12.9. The van der Waals surface area contributed by atoms with E-state index in [2.05, 4.69) is 22.0 Å². The highest BCUT2D eigenvalue weighted by Crippen LogP contribution is 2.24. The molecule has 3 N–H and O–H groups in total. The molecule has 4 nitrogen and oxygen atoms in total. The van der Waals surface area contributed by atoms with Gasteiger partial charge in [-0.15, -0.1) is 0 Å². The standard InChI is InChI=1S/C23H21N3O.C2H6/c24-19-11-12-21-18(15-19)16-22(23(27)25-20-9-5-2-6-10-20)26(21)14-13-17-7-3-1-4-8-17;1-2/h1-12,15-16H,13-14,24H2,(H,25,27);1-2H3. The maximum atomic E-state index is 12.9. The van der Waals surface area contributed by atoms with E-state index in [-0.39, 0.29) is 5.91 Å². The highest BCUT2D eigenvalue weighted by Gasteiger charge is 2.16. The van der Waals surface area contributed by atoms with Crippen LogP contribution in [0, 0.1) is 0 Å². The summed E-state index contributed by atoms with van der Waals surface area (Å²) in [4.78, 5) is 12.9. The van der Waals surface area contributed by atoms with Crippen molar-refractivity contribution >= 4 is 28.2 Å². The molecule has 0 atom stereocenters. The van der Waals surface area contributed by atoms with Crippen molar-refractivity contribution in [3.63, 3.8) is 0 Å². The molecule has 4 rings (SSSR count). The van der Waals surface area contributed by atoms with Gasteiger partial charge < -0.3 is 15.6 Å². The largest absolute Gasteiger partial charge is 0.399 e. The van der Waals surface area contributed by atoms with Crippen molar-refractivity contribution in [3.8, 4) is 0 Å². The van der Waals surface area contributed by atoms with Crippen molar-refractivity contribution in [3.05, 3.63) is 96.2 Å². The third-order valence-electron chi connectivity index (χ3n) is 4.66. The molecule has 4 heteroatoms. The fourth-order valence-electron chi connectivity index (χ4n) is 3.32. The number of nitrogens with one attached hydrogen (secondary N) is 1. The van der Waals surface area contributed by atoms with Gasteiger partial charge in [0, 0.05) is 28.8 Å². The van der Waals surface area contributed by atoms with E-state index in [4.69, 9.17) is 5.73 Å². The average Bonchev–Trinajstić information content (AvgIpc) is 3.13. The molecular formula is C25H27N3O. The number of nitrogens with two attached hydrogens (primary N) is 1. The maximum Gasteiger partial charge on any atom is 0.272 e. The summed E-state index contributed by atoms with van der Waals surface area (Å²) >= 11 is 0. The Morgan fingerprint density at radius 2 is 1.55 bits per heavy atom. The third kappa shape index (κ3) is 4.85. The molecule has 0 aliphatic heterocycles. The van der Waals surface area contributed by atoms with Crippen LogP contribution < -0.4 is 11.1 Å². The fourth-order valence-corrected chi connectivity index (χ4v) is 3.32. The number of anilines is 2. The van der Waals surface area contributed by atoms with Crippen LogP contribution in [0.15, 0.2) is 84.9 Å². The molecule has 1 aromatic heterocycles. The van der Waals surface area contributed by atoms with Crippen LogP contribution >= 0.6 is 0 Å². The van der Waals surface area contributed by atoms with E-state index >= 15 is 0 Å². The van der Waals surface area contributed by atoms with Gasteiger partial charge in [0.05, 0.1) is 0 Å². The first-order valence-electron chi connectivity index (χ1n) is 10.00. The Labute approximate surface area is 172 Å². The number of fused-ring (bicyclic) bond motifs is 1. The van der Waals surface area contributed by atoms with Gasteiger partial charge in [-0.3, -0.25) is 4.79 Å². The normalized spacial score (nSPS) is 10.3. The predicted molar refractivity (Wildman–Crippen MR) is 122 cm³/mol. The Morgan fingerprint density at radius 1 is 0.897 bits per heavy atom. The van der Waals surface area contributed by atoms with Crippen LogP contribution in [0.1, 0.15) is 29.9 Å². The molecule has 0 unspecified atom stereocenters. The second kappa shape index (κ2) is 9.60. The number of hydrogen-bond acceptors (Lipinski definition) is 2. The lowest BCUT2D eigenvalue weighted by atomic mass is 10.1. The van der Waals surface area contributed by atoms with Crippen molar-refractivity contribution < 1.29 is 4.79 Å². The van der Waals surface area contributed by atoms with E-state index in [0.717, 1.165) is 29.6 Å². The number of benzene rings is 3. The monoisotopic (exact) mass is 385 g/mol. The Morgan fingerprint density at radius 3 is 2.24 bits per heavy atom. The summed E-state index contributed by atoms with van der Waals surface area (Å²) in [6.07, 6.45) is 0.848. The highest BCUT2D eigenvalue weighted by molar-refractivity contribution is 6.06. The van der Waals surface area contributed by atoms with E-state index in [1.807, 2.05) is 86.6 Å². The first-order valence-corrected chi connectivity index (χ1v) is 10.00. The molecule has 0 aliphatic rings. The van der Waals surface area contributed by atoms with Gasteiger partial charge in [0.1, 0.15) is 5.69 Å². The van der Waals surface area contributed by atoms with Crippen molar-refractivity contribution in [1.82, 2.24) is 4.57 Å². The summed E-state index contributed by atoms with van der Waals surface area (Å²) in [6, 6.07) is 27.5. The smallest absolute Gasteiger partial charge is 0.272 e. The number of hydrogen-bond donors (Lipinski definition) is 2. The summed E-state index contributed by atoms with van der Waals surface area (Å²) in [5.74, 6) is -0.121. The minimum absolute atomic E-state index is 0.121. The Kier molecular flexibility index (Phi) is 6.69. The molecule has 29 heavy (non-hydrogen) atoms. The third-order valence-corrected chi connectivity index (χ3v) is 4.66. The molecule has 148 valence electrons. The second-order valence-corrected chi connectivity index (χ2v) is 6.56. The Bertz CT molecular complexity index is 1070. The van der Waals surface area contributed by atoms with Crippen LogP contribution in [-0.2, 0) is 13.0 Å². The fraction of sp³-hybridized carbons (Fsp3) is 0.160. The van der Waals surface area contributed by atoms with E-state index in [9.17, 15) is 4.79 Å². The molecule has 1 heterocycles. The van der Waals surface area contributed by atoms with E-state index in [0.29, 0.717) is 11.4 Å². The minimum atomic E-state index is -0.121. The molecule has 0 radical (unpaired) electrons. The first kappa shape index (κ1) is 20.2. The number of carbonyl (C=O) groups excluding carboxylic acids is 1. The lowest BCUT2D eigenvalue weighted by Crippen LogP contribution is -2.17. The van der Waals surface area contributed by atoms with Crippen LogP contribution in [0.3, 0.4) is 0 Å². The summed E-state index contributed by atoms with van der Waals surface area (Å²) < 4.78 is 2.07. The number of para-hydroxylation sites is 1. The van der Waals surface area contributed by atoms with Crippen LogP contribution in [0.4, 0.5) is 11.4 Å². The SMILES string of the molecule is CC.Nc1ccc2c(c1)cc(C(=O)Nc1ccccc1)n2CCc1ccccc1. The van der Waals surface area contributed by atoms with Crippen LogP contribution in [0.2, 0.25) is 0 Å². The number of aryl methyl sites for hydroxylation is 2. The van der Waals surface area contributed by atoms with Gasteiger partial charge in [-0.25, -0.2) is 0 Å². The zero-order valence-corrected chi connectivity index (χ0v) is 16.9. The van der Waals surface area contributed by atoms with Gasteiger partial charge in [0.15, 0.2) is 0 Å². The van der Waals surface area contributed by atoms with Crippen molar-refractivity contribution in [2.75, 3.05) is 11.1 Å². The lowest BCUT2D eigenvalue weighted by molar-refractivity contribution is 0.101. The van der Waals surface area contributed by atoms with Crippen LogP contribution in [-0.4, -0.2) is 10.5 Å². The molecular weight excluding hydrogens is 358 g/mol. The Hall–Kier alpha value is -3.53. The predicted octanol–water partition coefficient (Wildman–Crippen LogP) is 5.74. The molecule has 0 bridgehead atoms. The molecule has 1 amide bonds. The number of carbonyl (C=O) groups is 1. The summed E-state index contributed by atoms with van der Waals surface area (Å²) in [7, 11) is 0. The van der Waals surface area contributed by atoms with Crippen molar-refractivity contribution in [2.45, 2.75) is 26.8 Å². The van der Waals surface area contributed by atoms with Crippen LogP contribution in [0.5, 0.6) is 0 Å². The topological polar surface area (TPSA) is 60.1 Å². The number of amides is 1. The quantitative estimate of drug-likeness (QED) is 0.430. The van der Waals surface area contributed by atoms with E-state index < -0.39 is 0 Å². The average molecular weight is 386 g/mol. The van der Waals surface area contributed by atoms with Gasteiger partial charge in [-0.1, -0.05) is 62.4 Å². The number of nitrogen functional groups attached to an aromatic ring is 1. The summed E-state index contributed by atoms with van der Waals surface area (Å²) in [6.45, 7) is 4.72. The molecule has 4 aromatic rings. The van der Waals surface area contributed by atoms with Crippen LogP contribution in [0.25, 0.3) is 10.9 Å². The summed E-state index contributed by atoms with van der Waals surface area (Å²) in [5.41, 5.74) is 10.3. The zero-order valence-electron chi connectivity index (χ0n) is 16.9. The van der Waals surface area contributed by atoms with Gasteiger partial charge in [0.2, 0.25) is 0 Å².